The molecule has 0 aliphatic carbocycles. The summed E-state index contributed by atoms with van der Waals surface area (Å²) in [7, 11) is 0. The van der Waals surface area contributed by atoms with E-state index in [-0.39, 0.29) is 0 Å². The highest BCUT2D eigenvalue weighted by Gasteiger charge is 1.89. The lowest BCUT2D eigenvalue weighted by molar-refractivity contribution is 0.320. The molecule has 1 N–H and O–H groups in total. The Morgan fingerprint density at radius 2 is 2.00 bits per heavy atom. The maximum Gasteiger partial charge on any atom is 0.0436 e. The monoisotopic (exact) mass is 163 g/mol. The van der Waals surface area contributed by atoms with Crippen molar-refractivity contribution in [2.75, 3.05) is 0 Å². The molecular formula is C10H13NO. The van der Waals surface area contributed by atoms with Crippen LogP contribution in [0.15, 0.2) is 35.5 Å². The molecule has 0 amide bonds. The fraction of sp³-hybridized carbons (Fsp3) is 0.300. The Labute approximate surface area is 72.5 Å². The van der Waals surface area contributed by atoms with E-state index in [4.69, 9.17) is 5.21 Å². The molecule has 2 heteroatoms. The molecule has 0 saturated carbocycles. The number of hydrogen-bond donors (Lipinski definition) is 1. The van der Waals surface area contributed by atoms with E-state index in [0.29, 0.717) is 0 Å². The Morgan fingerprint density at radius 1 is 1.25 bits per heavy atom. The zero-order valence-electron chi connectivity index (χ0n) is 6.98. The van der Waals surface area contributed by atoms with Crippen LogP contribution in [0.5, 0.6) is 0 Å². The molecule has 0 saturated heterocycles. The predicted octanol–water partition coefficient (Wildman–Crippen LogP) is 2.47. The molecular weight excluding hydrogens is 150 g/mol. The van der Waals surface area contributed by atoms with Gasteiger partial charge in [-0.15, -0.1) is 5.16 Å². The van der Waals surface area contributed by atoms with Gasteiger partial charge >= 0.3 is 0 Å². The lowest BCUT2D eigenvalue weighted by atomic mass is 10.1. The van der Waals surface area contributed by atoms with Gasteiger partial charge in [0.25, 0.3) is 0 Å². The van der Waals surface area contributed by atoms with Gasteiger partial charge in [0.2, 0.25) is 0 Å². The molecule has 0 spiro atoms. The van der Waals surface area contributed by atoms with E-state index >= 15 is 0 Å². The third-order valence-electron chi connectivity index (χ3n) is 1.72. The second-order valence-electron chi connectivity index (χ2n) is 2.68. The molecule has 1 aromatic rings. The molecule has 1 aromatic carbocycles. The van der Waals surface area contributed by atoms with E-state index in [0.717, 1.165) is 19.3 Å². The van der Waals surface area contributed by atoms with Crippen LogP contribution in [0.4, 0.5) is 0 Å². The number of rotatable bonds is 4. The summed E-state index contributed by atoms with van der Waals surface area (Å²) in [4.78, 5) is 0. The minimum absolute atomic E-state index is 0.839. The normalized spacial score (nSPS) is 10.7. The van der Waals surface area contributed by atoms with Crippen LogP contribution in [-0.2, 0) is 6.42 Å². The Hall–Kier alpha value is -1.31. The highest BCUT2D eigenvalue weighted by atomic mass is 16.4. The Morgan fingerprint density at radius 3 is 2.67 bits per heavy atom. The number of oxime groups is 1. The fourth-order valence-electron chi connectivity index (χ4n) is 1.10. The smallest absolute Gasteiger partial charge is 0.0436 e. The molecule has 0 aliphatic heterocycles. The first-order chi connectivity index (χ1) is 5.93. The second-order valence-corrected chi connectivity index (χ2v) is 2.68. The van der Waals surface area contributed by atoms with E-state index in [1.807, 2.05) is 18.2 Å². The van der Waals surface area contributed by atoms with Crippen LogP contribution in [0.1, 0.15) is 18.4 Å². The molecule has 64 valence electrons. The van der Waals surface area contributed by atoms with Gasteiger partial charge in [0.15, 0.2) is 0 Å². The largest absolute Gasteiger partial charge is 0.411 e. The second kappa shape index (κ2) is 5.35. The summed E-state index contributed by atoms with van der Waals surface area (Å²) in [6.45, 7) is 0. The van der Waals surface area contributed by atoms with Crippen molar-refractivity contribution in [2.24, 2.45) is 5.16 Å². The van der Waals surface area contributed by atoms with Crippen LogP contribution in [0.25, 0.3) is 0 Å². The molecule has 0 heterocycles. The van der Waals surface area contributed by atoms with Crippen LogP contribution < -0.4 is 0 Å². The van der Waals surface area contributed by atoms with Gasteiger partial charge in [0, 0.05) is 6.21 Å². The Balaban J connectivity index is 2.24. The van der Waals surface area contributed by atoms with Crippen LogP contribution in [-0.4, -0.2) is 11.4 Å². The molecule has 0 unspecified atom stereocenters. The lowest BCUT2D eigenvalue weighted by Gasteiger charge is -1.96. The SMILES string of the molecule is ON=CCCCc1ccccc1. The molecule has 0 bridgehead atoms. The quantitative estimate of drug-likeness (QED) is 0.314. The molecule has 0 aliphatic rings. The van der Waals surface area contributed by atoms with Crippen LogP contribution in [0.3, 0.4) is 0 Å². The minimum atomic E-state index is 0.839. The van der Waals surface area contributed by atoms with Crippen molar-refractivity contribution in [3.05, 3.63) is 35.9 Å². The van der Waals surface area contributed by atoms with Gasteiger partial charge in [-0.25, -0.2) is 0 Å². The summed E-state index contributed by atoms with van der Waals surface area (Å²) in [5, 5.41) is 11.1. The number of nitrogens with zero attached hydrogens (tertiary/aromatic N) is 1. The van der Waals surface area contributed by atoms with Crippen LogP contribution in [0, 0.1) is 0 Å². The Kier molecular flexibility index (Phi) is 3.92. The third kappa shape index (κ3) is 3.19. The van der Waals surface area contributed by atoms with Crippen LogP contribution in [0.2, 0.25) is 0 Å². The van der Waals surface area contributed by atoms with Gasteiger partial charge in [-0.05, 0) is 24.8 Å². The average molecular weight is 163 g/mol. The number of unbranched alkanes of at least 4 members (excludes halogenated alkanes) is 1. The van der Waals surface area contributed by atoms with Crippen molar-refractivity contribution >= 4 is 6.21 Å². The Bertz CT molecular complexity index is 231. The van der Waals surface area contributed by atoms with Crippen molar-refractivity contribution in [1.82, 2.24) is 0 Å². The van der Waals surface area contributed by atoms with Crippen LogP contribution >= 0.6 is 0 Å². The summed E-state index contributed by atoms with van der Waals surface area (Å²) in [6, 6.07) is 10.3. The van der Waals surface area contributed by atoms with Gasteiger partial charge < -0.3 is 5.21 Å². The maximum absolute atomic E-state index is 8.13. The van der Waals surface area contributed by atoms with E-state index < -0.39 is 0 Å². The van der Waals surface area contributed by atoms with Gasteiger partial charge in [0.1, 0.15) is 0 Å². The van der Waals surface area contributed by atoms with E-state index in [9.17, 15) is 0 Å². The number of aryl methyl sites for hydroxylation is 1. The predicted molar refractivity (Wildman–Crippen MR) is 49.7 cm³/mol. The topological polar surface area (TPSA) is 32.6 Å². The fourth-order valence-corrected chi connectivity index (χ4v) is 1.10. The van der Waals surface area contributed by atoms with E-state index in [2.05, 4.69) is 17.3 Å². The van der Waals surface area contributed by atoms with Crippen molar-refractivity contribution in [3.63, 3.8) is 0 Å². The van der Waals surface area contributed by atoms with Crippen molar-refractivity contribution in [1.29, 1.82) is 0 Å². The average Bonchev–Trinajstić information content (AvgIpc) is 2.14. The van der Waals surface area contributed by atoms with Gasteiger partial charge in [-0.2, -0.15) is 0 Å². The van der Waals surface area contributed by atoms with Gasteiger partial charge in [0.05, 0.1) is 0 Å². The minimum Gasteiger partial charge on any atom is -0.411 e. The highest BCUT2D eigenvalue weighted by molar-refractivity contribution is 5.55. The molecule has 1 rings (SSSR count). The zero-order chi connectivity index (χ0) is 8.65. The van der Waals surface area contributed by atoms with Gasteiger partial charge in [-0.1, -0.05) is 30.3 Å². The summed E-state index contributed by atoms with van der Waals surface area (Å²) in [6.07, 6.45) is 4.45. The summed E-state index contributed by atoms with van der Waals surface area (Å²) in [5.41, 5.74) is 1.34. The lowest BCUT2D eigenvalue weighted by Crippen LogP contribution is -1.85. The highest BCUT2D eigenvalue weighted by Crippen LogP contribution is 2.02. The standard InChI is InChI=1S/C10H13NO/c12-11-9-5-4-8-10-6-2-1-3-7-10/h1-3,6-7,9,12H,4-5,8H2. The number of hydrogen-bond acceptors (Lipinski definition) is 2. The molecule has 12 heavy (non-hydrogen) atoms. The zero-order valence-corrected chi connectivity index (χ0v) is 6.98. The first kappa shape index (κ1) is 8.78. The number of benzene rings is 1. The molecule has 2 nitrogen and oxygen atoms in total. The summed E-state index contributed by atoms with van der Waals surface area (Å²) >= 11 is 0. The van der Waals surface area contributed by atoms with Crippen molar-refractivity contribution in [3.8, 4) is 0 Å². The molecule has 0 fully saturated rings. The van der Waals surface area contributed by atoms with Gasteiger partial charge in [-0.3, -0.25) is 0 Å². The molecule has 0 radical (unpaired) electrons. The third-order valence-corrected chi connectivity index (χ3v) is 1.72. The van der Waals surface area contributed by atoms with Crippen molar-refractivity contribution < 1.29 is 5.21 Å². The molecule has 0 aromatic heterocycles. The first-order valence-electron chi connectivity index (χ1n) is 4.13. The molecule has 0 atom stereocenters. The first-order valence-corrected chi connectivity index (χ1v) is 4.13. The summed E-state index contributed by atoms with van der Waals surface area (Å²) in [5.74, 6) is 0. The van der Waals surface area contributed by atoms with E-state index in [1.165, 1.54) is 11.8 Å². The van der Waals surface area contributed by atoms with E-state index in [1.54, 1.807) is 0 Å². The maximum atomic E-state index is 8.13. The summed E-state index contributed by atoms with van der Waals surface area (Å²) < 4.78 is 0. The van der Waals surface area contributed by atoms with Crippen molar-refractivity contribution in [2.45, 2.75) is 19.3 Å².